The molecule has 1 N–H and O–H groups in total. The number of hydrogen-bond donors (Lipinski definition) is 1. The van der Waals surface area contributed by atoms with Crippen LogP contribution in [0.15, 0.2) is 35.1 Å². The molecule has 0 radical (unpaired) electrons. The molecule has 0 saturated heterocycles. The summed E-state index contributed by atoms with van der Waals surface area (Å²) in [6.45, 7) is 0. The van der Waals surface area contributed by atoms with Gasteiger partial charge in [0.05, 0.1) is 7.11 Å². The maximum absolute atomic E-state index is 12.1. The molecule has 1 unspecified atom stereocenters. The summed E-state index contributed by atoms with van der Waals surface area (Å²) >= 11 is 5.84. The third-order valence-corrected chi connectivity index (χ3v) is 5.66. The van der Waals surface area contributed by atoms with Crippen LogP contribution in [0.5, 0.6) is 5.75 Å². The Morgan fingerprint density at radius 2 is 1.96 bits per heavy atom. The number of carbonyl (C=O) groups excluding carboxylic acids is 1. The number of esters is 1. The summed E-state index contributed by atoms with van der Waals surface area (Å²) in [5.41, 5.74) is 0.514. The molecule has 0 amide bonds. The fraction of sp³-hybridized carbons (Fsp3) is 0.526. The Balaban J connectivity index is 1.79. The summed E-state index contributed by atoms with van der Waals surface area (Å²) in [4.78, 5) is 12.1. The number of hydrogen-bond acceptors (Lipinski definition) is 4. The average Bonchev–Trinajstić information content (AvgIpc) is 3.13. The topological polar surface area (TPSA) is 55.8 Å². The van der Waals surface area contributed by atoms with E-state index in [1.807, 2.05) is 24.3 Å². The third-order valence-electron chi connectivity index (χ3n) is 5.29. The van der Waals surface area contributed by atoms with Gasteiger partial charge in [-0.1, -0.05) is 36.6 Å². The molecule has 0 bridgehead atoms. The second-order valence-corrected chi connectivity index (χ2v) is 7.10. The van der Waals surface area contributed by atoms with E-state index in [1.165, 1.54) is 0 Å². The lowest BCUT2D eigenvalue weighted by atomic mass is 9.77. The Bertz CT molecular complexity index is 631. The summed E-state index contributed by atoms with van der Waals surface area (Å²) in [5, 5.41) is 9.97. The van der Waals surface area contributed by atoms with Crippen molar-refractivity contribution in [3.8, 4) is 5.75 Å². The van der Waals surface area contributed by atoms with E-state index in [-0.39, 0.29) is 16.7 Å². The fourth-order valence-electron chi connectivity index (χ4n) is 3.92. The molecule has 1 fully saturated rings. The Hall–Kier alpha value is -1.68. The van der Waals surface area contributed by atoms with Gasteiger partial charge in [0.2, 0.25) is 0 Å². The van der Waals surface area contributed by atoms with Gasteiger partial charge in [-0.05, 0) is 49.3 Å². The van der Waals surface area contributed by atoms with Crippen LogP contribution in [0.4, 0.5) is 0 Å². The van der Waals surface area contributed by atoms with Crippen molar-refractivity contribution in [3.63, 3.8) is 0 Å². The number of benzene rings is 1. The Morgan fingerprint density at radius 3 is 2.54 bits per heavy atom. The third kappa shape index (κ3) is 3.39. The van der Waals surface area contributed by atoms with Crippen LogP contribution in [0.2, 0.25) is 0 Å². The van der Waals surface area contributed by atoms with Crippen LogP contribution < -0.4 is 4.74 Å². The van der Waals surface area contributed by atoms with Gasteiger partial charge in [0.1, 0.15) is 17.1 Å². The highest BCUT2D eigenvalue weighted by Crippen LogP contribution is 2.46. The zero-order chi connectivity index (χ0) is 17.2. The summed E-state index contributed by atoms with van der Waals surface area (Å²) < 4.78 is 11.0. The van der Waals surface area contributed by atoms with E-state index < -0.39 is 11.6 Å². The molecule has 1 aromatic carbocycles. The zero-order valence-corrected chi connectivity index (χ0v) is 14.6. The van der Waals surface area contributed by atoms with E-state index >= 15 is 0 Å². The Morgan fingerprint density at radius 1 is 1.29 bits per heavy atom. The van der Waals surface area contributed by atoms with Gasteiger partial charge in [-0.25, -0.2) is 4.79 Å². The van der Waals surface area contributed by atoms with Crippen LogP contribution in [0.1, 0.15) is 44.1 Å². The molecule has 0 aromatic heterocycles. The van der Waals surface area contributed by atoms with Gasteiger partial charge in [0, 0.05) is 6.42 Å². The van der Waals surface area contributed by atoms with Gasteiger partial charge < -0.3 is 14.6 Å². The number of halogens is 1. The minimum atomic E-state index is -0.643. The first kappa shape index (κ1) is 17.2. The number of aliphatic hydroxyl groups excluding tert-OH is 1. The summed E-state index contributed by atoms with van der Waals surface area (Å²) in [7, 11) is 1.64. The summed E-state index contributed by atoms with van der Waals surface area (Å²) in [6.07, 6.45) is 6.12. The van der Waals surface area contributed by atoms with E-state index in [4.69, 9.17) is 21.1 Å². The second kappa shape index (κ2) is 7.06. The van der Waals surface area contributed by atoms with Crippen LogP contribution in [0.25, 0.3) is 0 Å². The van der Waals surface area contributed by atoms with Crippen molar-refractivity contribution in [3.05, 3.63) is 40.6 Å². The molecule has 1 aliphatic carbocycles. The largest absolute Gasteiger partial charge is 0.510 e. The van der Waals surface area contributed by atoms with E-state index in [0.29, 0.717) is 12.8 Å². The number of aryl methyl sites for hydroxylation is 1. The van der Waals surface area contributed by atoms with Crippen LogP contribution in [-0.2, 0) is 16.0 Å². The Labute approximate surface area is 147 Å². The smallest absolute Gasteiger partial charge is 0.353 e. The molecular weight excluding hydrogens is 328 g/mol. The van der Waals surface area contributed by atoms with Crippen LogP contribution in [0, 0.1) is 5.92 Å². The SMILES string of the molecule is COc1ccc(CCC2(C3CCCC3)CC(O)=C(Cl)C(=O)O2)cc1. The molecule has 1 saturated carbocycles. The van der Waals surface area contributed by atoms with Crippen molar-refractivity contribution in [1.29, 1.82) is 0 Å². The summed E-state index contributed by atoms with van der Waals surface area (Å²) in [5.74, 6) is 0.476. The van der Waals surface area contributed by atoms with E-state index in [0.717, 1.165) is 43.4 Å². The van der Waals surface area contributed by atoms with Crippen molar-refractivity contribution in [2.45, 2.75) is 50.5 Å². The van der Waals surface area contributed by atoms with Gasteiger partial charge in [0.25, 0.3) is 0 Å². The van der Waals surface area contributed by atoms with Gasteiger partial charge in [0.15, 0.2) is 5.03 Å². The number of aliphatic hydroxyl groups is 1. The minimum absolute atomic E-state index is 0.0328. The predicted molar refractivity (Wildman–Crippen MR) is 92.2 cm³/mol. The van der Waals surface area contributed by atoms with E-state index in [2.05, 4.69) is 0 Å². The normalized spacial score (nSPS) is 25.0. The van der Waals surface area contributed by atoms with Gasteiger partial charge in [-0.3, -0.25) is 0 Å². The molecular formula is C19H23ClO4. The molecule has 5 heteroatoms. The van der Waals surface area contributed by atoms with E-state index in [9.17, 15) is 9.90 Å². The summed E-state index contributed by atoms with van der Waals surface area (Å²) in [6, 6.07) is 7.90. The van der Waals surface area contributed by atoms with E-state index in [1.54, 1.807) is 7.11 Å². The average molecular weight is 351 g/mol. The molecule has 3 rings (SSSR count). The molecule has 24 heavy (non-hydrogen) atoms. The van der Waals surface area contributed by atoms with Crippen LogP contribution >= 0.6 is 11.6 Å². The van der Waals surface area contributed by atoms with Crippen molar-refractivity contribution in [2.75, 3.05) is 7.11 Å². The molecule has 4 nitrogen and oxygen atoms in total. The number of rotatable bonds is 5. The number of carbonyl (C=O) groups is 1. The minimum Gasteiger partial charge on any atom is -0.510 e. The van der Waals surface area contributed by atoms with Crippen molar-refractivity contribution < 1.29 is 19.4 Å². The molecule has 1 aromatic rings. The highest BCUT2D eigenvalue weighted by atomic mass is 35.5. The van der Waals surface area contributed by atoms with Crippen molar-refractivity contribution >= 4 is 17.6 Å². The Kier molecular flexibility index (Phi) is 5.04. The second-order valence-electron chi connectivity index (χ2n) is 6.72. The first-order valence-electron chi connectivity index (χ1n) is 8.48. The molecule has 2 aliphatic rings. The molecule has 1 atom stereocenters. The molecule has 0 spiro atoms. The van der Waals surface area contributed by atoms with Gasteiger partial charge in [-0.15, -0.1) is 0 Å². The quantitative estimate of drug-likeness (QED) is 0.794. The van der Waals surface area contributed by atoms with Gasteiger partial charge >= 0.3 is 5.97 Å². The lowest BCUT2D eigenvalue weighted by Crippen LogP contribution is -2.45. The maximum Gasteiger partial charge on any atom is 0.353 e. The molecule has 1 heterocycles. The van der Waals surface area contributed by atoms with Crippen LogP contribution in [0.3, 0.4) is 0 Å². The first-order valence-corrected chi connectivity index (χ1v) is 8.86. The molecule has 1 aliphatic heterocycles. The standard InChI is InChI=1S/C19H23ClO4/c1-23-15-8-6-13(7-9-15)10-11-19(14-4-2-3-5-14)12-16(21)17(20)18(22)24-19/h6-9,14,21H,2-5,10-12H2,1H3. The van der Waals surface area contributed by atoms with Crippen molar-refractivity contribution in [2.24, 2.45) is 5.92 Å². The molecule has 130 valence electrons. The highest BCUT2D eigenvalue weighted by molar-refractivity contribution is 6.41. The zero-order valence-electron chi connectivity index (χ0n) is 13.9. The predicted octanol–water partition coefficient (Wildman–Crippen LogP) is 4.51. The van der Waals surface area contributed by atoms with Crippen molar-refractivity contribution in [1.82, 2.24) is 0 Å². The fourth-order valence-corrected chi connectivity index (χ4v) is 4.02. The first-order chi connectivity index (χ1) is 11.5. The van der Waals surface area contributed by atoms with Crippen LogP contribution in [-0.4, -0.2) is 23.8 Å². The lowest BCUT2D eigenvalue weighted by molar-refractivity contribution is -0.166. The highest BCUT2D eigenvalue weighted by Gasteiger charge is 2.47. The monoisotopic (exact) mass is 350 g/mol. The lowest BCUT2D eigenvalue weighted by Gasteiger charge is -2.41. The maximum atomic E-state index is 12.1. The van der Waals surface area contributed by atoms with Gasteiger partial charge in [-0.2, -0.15) is 0 Å². The number of ether oxygens (including phenoxy) is 2. The number of cyclic esters (lactones) is 1. The number of methoxy groups -OCH3 is 1.